The Morgan fingerprint density at radius 3 is 2.00 bits per heavy atom. The highest BCUT2D eigenvalue weighted by Crippen LogP contribution is 2.19. The number of sulfone groups is 1. The molecule has 0 bridgehead atoms. The van der Waals surface area contributed by atoms with Crippen LogP contribution in [0, 0.1) is 17.8 Å². The van der Waals surface area contributed by atoms with Gasteiger partial charge in [-0.1, -0.05) is 27.7 Å². The van der Waals surface area contributed by atoms with Crippen molar-refractivity contribution in [2.75, 3.05) is 18.6 Å². The Morgan fingerprint density at radius 1 is 1.16 bits per heavy atom. The first-order chi connectivity index (χ1) is 8.54. The number of carbonyl (C=O) groups excluding carboxylic acids is 1. The van der Waals surface area contributed by atoms with E-state index >= 15 is 0 Å². The lowest BCUT2D eigenvalue weighted by Gasteiger charge is -2.25. The summed E-state index contributed by atoms with van der Waals surface area (Å²) >= 11 is 0. The fraction of sp³-hybridized carbons (Fsp3) is 0.923. The molecule has 0 aromatic heterocycles. The van der Waals surface area contributed by atoms with Gasteiger partial charge in [0.25, 0.3) is 0 Å². The largest absolute Gasteiger partial charge is 0.354 e. The first-order valence-corrected chi connectivity index (χ1v) is 8.81. The normalized spacial score (nSPS) is 14.2. The number of hydrogen-bond donors (Lipinski definition) is 2. The SMILES string of the molecule is CC(C)C(CNC(=O)C(N)CCS(C)(=O)=O)C(C)C. The van der Waals surface area contributed by atoms with E-state index in [-0.39, 0.29) is 18.1 Å². The van der Waals surface area contributed by atoms with Crippen molar-refractivity contribution in [2.24, 2.45) is 23.5 Å². The van der Waals surface area contributed by atoms with Crippen LogP contribution in [0.4, 0.5) is 0 Å². The van der Waals surface area contributed by atoms with E-state index in [0.29, 0.717) is 24.3 Å². The molecule has 0 spiro atoms. The minimum Gasteiger partial charge on any atom is -0.354 e. The number of hydrogen-bond acceptors (Lipinski definition) is 4. The molecule has 0 fully saturated rings. The molecule has 0 radical (unpaired) electrons. The van der Waals surface area contributed by atoms with Crippen molar-refractivity contribution in [3.8, 4) is 0 Å². The van der Waals surface area contributed by atoms with Crippen LogP contribution in [0.15, 0.2) is 0 Å². The van der Waals surface area contributed by atoms with Gasteiger partial charge in [-0.25, -0.2) is 8.42 Å². The van der Waals surface area contributed by atoms with E-state index in [1.807, 2.05) is 0 Å². The molecule has 1 unspecified atom stereocenters. The molecule has 0 aromatic carbocycles. The van der Waals surface area contributed by atoms with Crippen LogP contribution in [0.1, 0.15) is 34.1 Å². The molecule has 19 heavy (non-hydrogen) atoms. The molecule has 3 N–H and O–H groups in total. The Hall–Kier alpha value is -0.620. The van der Waals surface area contributed by atoms with Crippen molar-refractivity contribution in [2.45, 2.75) is 40.2 Å². The molecule has 5 nitrogen and oxygen atoms in total. The highest BCUT2D eigenvalue weighted by molar-refractivity contribution is 7.90. The summed E-state index contributed by atoms with van der Waals surface area (Å²) in [5.41, 5.74) is 5.69. The maximum Gasteiger partial charge on any atom is 0.236 e. The number of nitrogens with one attached hydrogen (secondary N) is 1. The van der Waals surface area contributed by atoms with E-state index in [1.54, 1.807) is 0 Å². The highest BCUT2D eigenvalue weighted by atomic mass is 32.2. The minimum atomic E-state index is -3.07. The van der Waals surface area contributed by atoms with Gasteiger partial charge in [0.05, 0.1) is 11.8 Å². The summed E-state index contributed by atoms with van der Waals surface area (Å²) in [6.07, 6.45) is 1.31. The Morgan fingerprint density at radius 2 is 1.63 bits per heavy atom. The number of nitrogens with two attached hydrogens (primary N) is 1. The standard InChI is InChI=1S/C13H28N2O3S/c1-9(2)11(10(3)4)8-15-13(16)12(14)6-7-19(5,17)18/h9-12H,6-8,14H2,1-5H3,(H,15,16). The van der Waals surface area contributed by atoms with Gasteiger partial charge in [0.1, 0.15) is 9.84 Å². The van der Waals surface area contributed by atoms with Gasteiger partial charge in [-0.15, -0.1) is 0 Å². The van der Waals surface area contributed by atoms with E-state index in [2.05, 4.69) is 33.0 Å². The maximum atomic E-state index is 11.8. The van der Waals surface area contributed by atoms with Gasteiger partial charge in [0.15, 0.2) is 0 Å². The lowest BCUT2D eigenvalue weighted by atomic mass is 9.85. The number of rotatable bonds is 8. The molecular weight excluding hydrogens is 264 g/mol. The van der Waals surface area contributed by atoms with Crippen LogP contribution in [0.2, 0.25) is 0 Å². The van der Waals surface area contributed by atoms with Crippen molar-refractivity contribution < 1.29 is 13.2 Å². The topological polar surface area (TPSA) is 89.3 Å². The second-order valence-corrected chi connectivity index (χ2v) is 8.18. The molecule has 1 atom stereocenters. The molecule has 0 rings (SSSR count). The van der Waals surface area contributed by atoms with Crippen LogP contribution in [0.25, 0.3) is 0 Å². The van der Waals surface area contributed by atoms with Crippen LogP contribution in [0.5, 0.6) is 0 Å². The summed E-state index contributed by atoms with van der Waals surface area (Å²) in [5.74, 6) is 1.03. The first kappa shape index (κ1) is 18.4. The summed E-state index contributed by atoms with van der Waals surface area (Å²) in [7, 11) is -3.07. The summed E-state index contributed by atoms with van der Waals surface area (Å²) in [5, 5.41) is 2.82. The van der Waals surface area contributed by atoms with Gasteiger partial charge in [-0.2, -0.15) is 0 Å². The van der Waals surface area contributed by atoms with Gasteiger partial charge >= 0.3 is 0 Å². The van der Waals surface area contributed by atoms with E-state index in [1.165, 1.54) is 0 Å². The van der Waals surface area contributed by atoms with Crippen LogP contribution < -0.4 is 11.1 Å². The summed E-state index contributed by atoms with van der Waals surface area (Å²) < 4.78 is 22.0. The van der Waals surface area contributed by atoms with Gasteiger partial charge < -0.3 is 11.1 Å². The molecule has 114 valence electrons. The average Bonchev–Trinajstić information content (AvgIpc) is 2.23. The quantitative estimate of drug-likeness (QED) is 0.692. The Bertz CT molecular complexity index is 369. The zero-order chi connectivity index (χ0) is 15.2. The molecule has 0 saturated heterocycles. The third-order valence-corrected chi connectivity index (χ3v) is 4.34. The summed E-state index contributed by atoms with van der Waals surface area (Å²) in [6.45, 7) is 9.09. The predicted octanol–water partition coefficient (Wildman–Crippen LogP) is 0.793. The van der Waals surface area contributed by atoms with Crippen molar-refractivity contribution in [1.82, 2.24) is 5.32 Å². The van der Waals surface area contributed by atoms with Gasteiger partial charge in [0.2, 0.25) is 5.91 Å². The third kappa shape index (κ3) is 8.21. The number of amides is 1. The molecule has 0 heterocycles. The fourth-order valence-corrected chi connectivity index (χ4v) is 2.74. The van der Waals surface area contributed by atoms with Crippen LogP contribution >= 0.6 is 0 Å². The van der Waals surface area contributed by atoms with Crippen molar-refractivity contribution in [3.05, 3.63) is 0 Å². The molecule has 0 aliphatic heterocycles. The summed E-state index contributed by atoms with van der Waals surface area (Å²) in [4.78, 5) is 11.8. The zero-order valence-electron chi connectivity index (χ0n) is 12.6. The average molecular weight is 292 g/mol. The van der Waals surface area contributed by atoms with Gasteiger partial charge in [-0.05, 0) is 24.2 Å². The second-order valence-electron chi connectivity index (χ2n) is 5.92. The Balaban J connectivity index is 4.23. The molecular formula is C13H28N2O3S. The van der Waals surface area contributed by atoms with Crippen molar-refractivity contribution in [1.29, 1.82) is 0 Å². The van der Waals surface area contributed by atoms with Gasteiger partial charge in [-0.3, -0.25) is 4.79 Å². The van der Waals surface area contributed by atoms with Crippen LogP contribution in [-0.2, 0) is 14.6 Å². The molecule has 0 saturated carbocycles. The number of carbonyl (C=O) groups is 1. The lowest BCUT2D eigenvalue weighted by molar-refractivity contribution is -0.122. The van der Waals surface area contributed by atoms with E-state index < -0.39 is 15.9 Å². The second kappa shape index (κ2) is 7.85. The van der Waals surface area contributed by atoms with Crippen LogP contribution in [0.3, 0.4) is 0 Å². The predicted molar refractivity (Wildman–Crippen MR) is 78.5 cm³/mol. The van der Waals surface area contributed by atoms with E-state index in [0.717, 1.165) is 6.26 Å². The highest BCUT2D eigenvalue weighted by Gasteiger charge is 2.21. The zero-order valence-corrected chi connectivity index (χ0v) is 13.5. The van der Waals surface area contributed by atoms with E-state index in [9.17, 15) is 13.2 Å². The van der Waals surface area contributed by atoms with Crippen molar-refractivity contribution >= 4 is 15.7 Å². The molecule has 1 amide bonds. The lowest BCUT2D eigenvalue weighted by Crippen LogP contribution is -2.44. The minimum absolute atomic E-state index is 0.0562. The van der Waals surface area contributed by atoms with E-state index in [4.69, 9.17) is 5.73 Å². The third-order valence-electron chi connectivity index (χ3n) is 3.36. The smallest absolute Gasteiger partial charge is 0.236 e. The Kier molecular flexibility index (Phi) is 7.59. The molecule has 0 aliphatic carbocycles. The van der Waals surface area contributed by atoms with Crippen molar-refractivity contribution in [3.63, 3.8) is 0 Å². The molecule has 0 aromatic rings. The first-order valence-electron chi connectivity index (χ1n) is 6.75. The maximum absolute atomic E-state index is 11.8. The Labute approximate surface area is 117 Å². The monoisotopic (exact) mass is 292 g/mol. The van der Waals surface area contributed by atoms with Gasteiger partial charge in [0, 0.05) is 12.8 Å². The van der Waals surface area contributed by atoms with Crippen LogP contribution in [-0.4, -0.2) is 38.9 Å². The fourth-order valence-electron chi connectivity index (χ4n) is 2.06. The molecule has 6 heteroatoms. The molecule has 0 aliphatic rings. The summed E-state index contributed by atoms with van der Waals surface area (Å²) in [6, 6.07) is -0.755.